The molecular formula is C12H15N3O2S2. The van der Waals surface area contributed by atoms with E-state index in [4.69, 9.17) is 5.73 Å². The molecule has 0 amide bonds. The van der Waals surface area contributed by atoms with Crippen molar-refractivity contribution >= 4 is 21.4 Å². The van der Waals surface area contributed by atoms with Gasteiger partial charge in [0.05, 0.1) is 0 Å². The van der Waals surface area contributed by atoms with Crippen LogP contribution < -0.4 is 5.73 Å². The van der Waals surface area contributed by atoms with Crippen LogP contribution >= 0.6 is 11.3 Å². The molecule has 0 aliphatic rings. The van der Waals surface area contributed by atoms with Gasteiger partial charge in [-0.15, -0.1) is 11.3 Å². The van der Waals surface area contributed by atoms with Gasteiger partial charge in [0.25, 0.3) is 10.0 Å². The van der Waals surface area contributed by atoms with Crippen LogP contribution in [0.25, 0.3) is 0 Å². The number of pyridine rings is 1. The molecule has 2 aromatic rings. The second-order valence-corrected chi connectivity index (χ2v) is 7.28. The van der Waals surface area contributed by atoms with Gasteiger partial charge in [0.2, 0.25) is 0 Å². The van der Waals surface area contributed by atoms with Crippen molar-refractivity contribution < 1.29 is 8.42 Å². The number of rotatable bonds is 5. The molecule has 7 heteroatoms. The topological polar surface area (TPSA) is 76.3 Å². The molecule has 5 nitrogen and oxygen atoms in total. The molecule has 2 aromatic heterocycles. The Balaban J connectivity index is 2.19. The Morgan fingerprint density at radius 1 is 1.32 bits per heavy atom. The maximum Gasteiger partial charge on any atom is 0.252 e. The van der Waals surface area contributed by atoms with Crippen LogP contribution in [0.1, 0.15) is 11.1 Å². The van der Waals surface area contributed by atoms with Gasteiger partial charge >= 0.3 is 0 Å². The molecule has 102 valence electrons. The molecule has 0 saturated heterocycles. The third-order valence-electron chi connectivity index (χ3n) is 2.68. The van der Waals surface area contributed by atoms with Gasteiger partial charge < -0.3 is 5.73 Å². The van der Waals surface area contributed by atoms with E-state index in [0.29, 0.717) is 17.3 Å². The molecule has 0 saturated carbocycles. The van der Waals surface area contributed by atoms with E-state index in [9.17, 15) is 8.42 Å². The van der Waals surface area contributed by atoms with E-state index < -0.39 is 10.0 Å². The molecule has 0 spiro atoms. The Labute approximate surface area is 116 Å². The van der Waals surface area contributed by atoms with Gasteiger partial charge in [-0.1, -0.05) is 0 Å². The van der Waals surface area contributed by atoms with Crippen molar-refractivity contribution in [2.24, 2.45) is 5.73 Å². The smallest absolute Gasteiger partial charge is 0.252 e. The van der Waals surface area contributed by atoms with E-state index in [0.717, 1.165) is 11.1 Å². The average molecular weight is 297 g/mol. The highest BCUT2D eigenvalue weighted by atomic mass is 32.2. The molecule has 19 heavy (non-hydrogen) atoms. The van der Waals surface area contributed by atoms with E-state index in [-0.39, 0.29) is 0 Å². The van der Waals surface area contributed by atoms with Gasteiger partial charge in [0, 0.05) is 32.5 Å². The predicted octanol–water partition coefficient (Wildman–Crippen LogP) is 1.42. The molecule has 0 bridgehead atoms. The lowest BCUT2D eigenvalue weighted by atomic mass is 10.3. The number of sulfonamides is 1. The van der Waals surface area contributed by atoms with Gasteiger partial charge in [-0.2, -0.15) is 4.31 Å². The molecule has 2 N–H and O–H groups in total. The van der Waals surface area contributed by atoms with Crippen molar-refractivity contribution in [2.75, 3.05) is 7.05 Å². The average Bonchev–Trinajstić information content (AvgIpc) is 2.89. The third kappa shape index (κ3) is 3.19. The van der Waals surface area contributed by atoms with E-state index in [1.54, 1.807) is 43.0 Å². The fraction of sp³-hybridized carbons (Fsp3) is 0.250. The van der Waals surface area contributed by atoms with Crippen molar-refractivity contribution in [3.05, 3.63) is 47.1 Å². The lowest BCUT2D eigenvalue weighted by molar-refractivity contribution is 0.468. The number of nitrogens with zero attached hydrogens (tertiary/aromatic N) is 2. The first-order valence-electron chi connectivity index (χ1n) is 5.67. The third-order valence-corrected chi connectivity index (χ3v) is 5.95. The van der Waals surface area contributed by atoms with E-state index >= 15 is 0 Å². The van der Waals surface area contributed by atoms with Crippen LogP contribution in [0.15, 0.2) is 40.2 Å². The number of thiophene rings is 1. The van der Waals surface area contributed by atoms with Gasteiger partial charge in [-0.05, 0) is 34.7 Å². The van der Waals surface area contributed by atoms with Crippen molar-refractivity contribution in [3.8, 4) is 0 Å². The Hall–Kier alpha value is -1.28. The second kappa shape index (κ2) is 5.79. The molecule has 0 aliphatic heterocycles. The molecule has 0 fully saturated rings. The number of hydrogen-bond acceptors (Lipinski definition) is 5. The normalized spacial score (nSPS) is 11.9. The largest absolute Gasteiger partial charge is 0.326 e. The lowest BCUT2D eigenvalue weighted by Gasteiger charge is -2.15. The summed E-state index contributed by atoms with van der Waals surface area (Å²) in [6, 6.07) is 5.22. The lowest BCUT2D eigenvalue weighted by Crippen LogP contribution is -2.25. The van der Waals surface area contributed by atoms with Crippen LogP contribution in [-0.2, 0) is 23.1 Å². The maximum absolute atomic E-state index is 12.3. The molecule has 2 heterocycles. The SMILES string of the molecule is CN(Cc1ccncc1)S(=O)(=O)c1cc(CN)cs1. The molecule has 0 atom stereocenters. The number of aromatic nitrogens is 1. The second-order valence-electron chi connectivity index (χ2n) is 4.09. The minimum Gasteiger partial charge on any atom is -0.326 e. The summed E-state index contributed by atoms with van der Waals surface area (Å²) in [5.74, 6) is 0. The first kappa shape index (κ1) is 14.1. The van der Waals surface area contributed by atoms with Gasteiger partial charge in [0.15, 0.2) is 0 Å². The molecule has 2 rings (SSSR count). The van der Waals surface area contributed by atoms with Crippen LogP contribution in [-0.4, -0.2) is 24.8 Å². The minimum absolute atomic E-state index is 0.320. The van der Waals surface area contributed by atoms with Gasteiger partial charge in [0.1, 0.15) is 4.21 Å². The fourth-order valence-electron chi connectivity index (χ4n) is 1.58. The van der Waals surface area contributed by atoms with Crippen LogP contribution in [0.5, 0.6) is 0 Å². The number of hydrogen-bond donors (Lipinski definition) is 1. The van der Waals surface area contributed by atoms with Gasteiger partial charge in [-0.25, -0.2) is 8.42 Å². The maximum atomic E-state index is 12.3. The molecule has 0 aliphatic carbocycles. The summed E-state index contributed by atoms with van der Waals surface area (Å²) in [6.07, 6.45) is 3.29. The van der Waals surface area contributed by atoms with Crippen molar-refractivity contribution in [3.63, 3.8) is 0 Å². The van der Waals surface area contributed by atoms with Crippen molar-refractivity contribution in [1.29, 1.82) is 0 Å². The summed E-state index contributed by atoms with van der Waals surface area (Å²) < 4.78 is 26.3. The van der Waals surface area contributed by atoms with Crippen LogP contribution in [0.2, 0.25) is 0 Å². The standard InChI is InChI=1S/C12H15N3O2S2/c1-15(8-10-2-4-14-5-3-10)19(16,17)12-6-11(7-13)9-18-12/h2-6,9H,7-8,13H2,1H3. The Kier molecular flexibility index (Phi) is 4.31. The zero-order chi connectivity index (χ0) is 13.9. The zero-order valence-corrected chi connectivity index (χ0v) is 12.1. The molecule has 0 radical (unpaired) electrons. The number of nitrogens with two attached hydrogens (primary N) is 1. The quantitative estimate of drug-likeness (QED) is 0.905. The first-order valence-corrected chi connectivity index (χ1v) is 7.98. The van der Waals surface area contributed by atoms with Crippen LogP contribution in [0, 0.1) is 0 Å². The highest BCUT2D eigenvalue weighted by molar-refractivity contribution is 7.91. The summed E-state index contributed by atoms with van der Waals surface area (Å²) >= 11 is 1.20. The van der Waals surface area contributed by atoms with E-state index in [2.05, 4.69) is 4.98 Å². The Morgan fingerprint density at radius 2 is 2.00 bits per heavy atom. The van der Waals surface area contributed by atoms with Crippen LogP contribution in [0.4, 0.5) is 0 Å². The van der Waals surface area contributed by atoms with Crippen molar-refractivity contribution in [1.82, 2.24) is 9.29 Å². The summed E-state index contributed by atoms with van der Waals surface area (Å²) in [5.41, 5.74) is 7.23. The summed E-state index contributed by atoms with van der Waals surface area (Å²) in [6.45, 7) is 0.667. The zero-order valence-electron chi connectivity index (χ0n) is 10.5. The molecular weight excluding hydrogens is 282 g/mol. The molecule has 0 unspecified atom stereocenters. The fourth-order valence-corrected chi connectivity index (χ4v) is 4.17. The predicted molar refractivity (Wildman–Crippen MR) is 75.1 cm³/mol. The molecule has 0 aromatic carbocycles. The van der Waals surface area contributed by atoms with Crippen LogP contribution in [0.3, 0.4) is 0 Å². The minimum atomic E-state index is -3.45. The summed E-state index contributed by atoms with van der Waals surface area (Å²) in [7, 11) is -1.88. The summed E-state index contributed by atoms with van der Waals surface area (Å²) in [5, 5.41) is 1.77. The van der Waals surface area contributed by atoms with Gasteiger partial charge in [-0.3, -0.25) is 4.98 Å². The Morgan fingerprint density at radius 3 is 2.58 bits per heavy atom. The highest BCUT2D eigenvalue weighted by Gasteiger charge is 2.22. The Bertz CT molecular complexity index is 638. The van der Waals surface area contributed by atoms with E-state index in [1.165, 1.54) is 15.6 Å². The van der Waals surface area contributed by atoms with Crippen molar-refractivity contribution in [2.45, 2.75) is 17.3 Å². The first-order chi connectivity index (χ1) is 9.04. The monoisotopic (exact) mass is 297 g/mol. The summed E-state index contributed by atoms with van der Waals surface area (Å²) in [4.78, 5) is 3.91. The van der Waals surface area contributed by atoms with E-state index in [1.807, 2.05) is 0 Å². The highest BCUT2D eigenvalue weighted by Crippen LogP contribution is 2.23.